The van der Waals surface area contributed by atoms with Crippen molar-refractivity contribution < 1.29 is 0 Å². The maximum Gasteiger partial charge on any atom is 0.0556 e. The normalized spacial score (nSPS) is 8.00. The molecule has 0 rings (SSSR count). The van der Waals surface area contributed by atoms with Crippen LogP contribution in [0.25, 0.3) is 0 Å². The summed E-state index contributed by atoms with van der Waals surface area (Å²) >= 11 is 0. The molecule has 0 saturated heterocycles. The maximum atomic E-state index is 2.34. The Labute approximate surface area is 65.5 Å². The van der Waals surface area contributed by atoms with E-state index in [-0.39, 0.29) is 0 Å². The summed E-state index contributed by atoms with van der Waals surface area (Å²) in [6, 6.07) is 0. The Morgan fingerprint density at radius 3 is 1.44 bits per heavy atom. The molecule has 0 fully saturated rings. The molecule has 0 saturated carbocycles. The van der Waals surface area contributed by atoms with E-state index in [4.69, 9.17) is 0 Å². The van der Waals surface area contributed by atoms with E-state index < -0.39 is 0 Å². The molecule has 0 aliphatic rings. The SMILES string of the molecule is BB(B)BB(B)B(B)B. The second kappa shape index (κ2) is 4.41. The van der Waals surface area contributed by atoms with Gasteiger partial charge in [-0.3, -0.25) is 0 Å². The highest BCUT2D eigenvalue weighted by Gasteiger charge is 2.15. The third kappa shape index (κ3) is 5.05. The molecule has 9 heteroatoms. The Bertz CT molecular complexity index is 62.4. The van der Waals surface area contributed by atoms with E-state index in [0.29, 0.717) is 0 Å². The van der Waals surface area contributed by atoms with Gasteiger partial charge in [0, 0.05) is 26.2 Å². The molecule has 0 aliphatic carbocycles. The van der Waals surface area contributed by atoms with Crippen LogP contribution in [0, 0.1) is 0 Å². The molecule has 0 spiro atoms. The van der Waals surface area contributed by atoms with Crippen molar-refractivity contribution in [2.45, 2.75) is 0 Å². The lowest BCUT2D eigenvalue weighted by Crippen LogP contribution is -2.50. The fraction of sp³-hybridized carbons (Fsp3) is 0. The lowest BCUT2D eigenvalue weighted by atomic mass is 8.70. The van der Waals surface area contributed by atoms with Crippen molar-refractivity contribution >= 4 is 64.9 Å². The van der Waals surface area contributed by atoms with Crippen LogP contribution >= 0.6 is 0 Å². The van der Waals surface area contributed by atoms with E-state index in [2.05, 4.69) is 38.7 Å². The minimum Gasteiger partial charge on any atom is 0.0165 e. The average Bonchev–Trinajstić information content (AvgIpc) is 1.63. The van der Waals surface area contributed by atoms with Crippen LogP contribution in [-0.2, 0) is 0 Å². The molecule has 0 amide bonds. The molecule has 0 radical (unpaired) electrons. The van der Waals surface area contributed by atoms with Gasteiger partial charge in [-0.05, 0) is 0 Å². The maximum absolute atomic E-state index is 2.34. The van der Waals surface area contributed by atoms with Crippen LogP contribution in [-0.4, -0.2) is 64.9 Å². The predicted octanol–water partition coefficient (Wildman–Crippen LogP) is -6.37. The Morgan fingerprint density at radius 2 is 1.33 bits per heavy atom. The molecule has 0 nitrogen and oxygen atoms in total. The van der Waals surface area contributed by atoms with Gasteiger partial charge in [-0.1, -0.05) is 0 Å². The molecule has 0 aromatic heterocycles. The second-order valence-electron chi connectivity index (χ2n) is 3.85. The standard InChI is InChI=1S/B9H11/c1-7(2)6-9(5)8(3)4/h6H,1-5H2. The minimum absolute atomic E-state index is 0.854. The van der Waals surface area contributed by atoms with Gasteiger partial charge in [0.1, 0.15) is 0 Å². The highest BCUT2D eigenvalue weighted by atomic mass is 12.9. The monoisotopic (exact) mass is 110 g/mol. The molecule has 0 aliphatic heterocycles. The summed E-state index contributed by atoms with van der Waals surface area (Å²) in [4.78, 5) is 0. The van der Waals surface area contributed by atoms with Crippen molar-refractivity contribution in [2.75, 3.05) is 0 Å². The fourth-order valence-corrected chi connectivity index (χ4v) is 1.02. The Hall–Kier alpha value is 0.584. The summed E-state index contributed by atoms with van der Waals surface area (Å²) in [6.45, 7) is 0. The zero-order valence-electron chi connectivity index (χ0n) is 7.44. The average molecular weight is 108 g/mol. The fourth-order valence-electron chi connectivity index (χ4n) is 1.02. The highest BCUT2D eigenvalue weighted by Crippen LogP contribution is 1.74. The summed E-state index contributed by atoms with van der Waals surface area (Å²) in [5.41, 5.74) is 0. The van der Waals surface area contributed by atoms with Crippen molar-refractivity contribution in [1.82, 2.24) is 0 Å². The lowest BCUT2D eigenvalue weighted by Gasteiger charge is -2.09. The van der Waals surface area contributed by atoms with Crippen LogP contribution in [0.15, 0.2) is 0 Å². The molecule has 0 bridgehead atoms. The molecular formula is H11B9. The van der Waals surface area contributed by atoms with E-state index >= 15 is 0 Å². The van der Waals surface area contributed by atoms with Crippen molar-refractivity contribution in [2.24, 2.45) is 0 Å². The number of hydrogen-bond donors (Lipinski definition) is 0. The molecule has 0 unspecified atom stereocenters. The van der Waals surface area contributed by atoms with Crippen LogP contribution in [0.1, 0.15) is 0 Å². The van der Waals surface area contributed by atoms with Crippen LogP contribution in [0.5, 0.6) is 0 Å². The van der Waals surface area contributed by atoms with Gasteiger partial charge >= 0.3 is 0 Å². The Balaban J connectivity index is 3.38. The van der Waals surface area contributed by atoms with Crippen molar-refractivity contribution in [3.63, 3.8) is 0 Å². The molecule has 0 aromatic rings. The predicted molar refractivity (Wildman–Crippen MR) is 67.1 cm³/mol. The second-order valence-corrected chi connectivity index (χ2v) is 3.85. The van der Waals surface area contributed by atoms with E-state index in [0.717, 1.165) is 19.2 Å². The summed E-state index contributed by atoms with van der Waals surface area (Å²) in [6.07, 6.45) is 2.61. The third-order valence-corrected chi connectivity index (χ3v) is 1.98. The topological polar surface area (TPSA) is 0 Å². The van der Waals surface area contributed by atoms with Gasteiger partial charge in [0.15, 0.2) is 0 Å². The summed E-state index contributed by atoms with van der Waals surface area (Å²) in [5.74, 6) is 0. The van der Waals surface area contributed by atoms with Crippen LogP contribution < -0.4 is 0 Å². The first-order valence-electron chi connectivity index (χ1n) is 4.04. The zero-order valence-corrected chi connectivity index (χ0v) is 7.44. The largest absolute Gasteiger partial charge is 0.0556 e. The first-order chi connectivity index (χ1) is 4.04. The van der Waals surface area contributed by atoms with Crippen LogP contribution in [0.4, 0.5) is 0 Å². The highest BCUT2D eigenvalue weighted by molar-refractivity contribution is 7.88. The molecule has 9 heavy (non-hydrogen) atoms. The summed E-state index contributed by atoms with van der Waals surface area (Å²) in [7, 11) is 12.9. The van der Waals surface area contributed by atoms with Gasteiger partial charge in [-0.25, -0.2) is 0 Å². The van der Waals surface area contributed by atoms with E-state index in [1.807, 2.05) is 0 Å². The quantitative estimate of drug-likeness (QED) is 0.316. The van der Waals surface area contributed by atoms with Gasteiger partial charge in [-0.15, -0.1) is 0 Å². The van der Waals surface area contributed by atoms with Gasteiger partial charge in [0.25, 0.3) is 0 Å². The smallest absolute Gasteiger partial charge is 0.0165 e. The van der Waals surface area contributed by atoms with Gasteiger partial charge in [-0.2, -0.15) is 0 Å². The van der Waals surface area contributed by atoms with Gasteiger partial charge in [0.2, 0.25) is 0 Å². The third-order valence-electron chi connectivity index (χ3n) is 1.98. The summed E-state index contributed by atoms with van der Waals surface area (Å²) in [5, 5.41) is 0. The van der Waals surface area contributed by atoms with Crippen molar-refractivity contribution in [3.8, 4) is 0 Å². The first kappa shape index (κ1) is 9.58. The molecule has 38 valence electrons. The van der Waals surface area contributed by atoms with E-state index in [1.165, 1.54) is 7.06 Å². The molecule has 0 heterocycles. The van der Waals surface area contributed by atoms with Crippen molar-refractivity contribution in [1.29, 1.82) is 0 Å². The van der Waals surface area contributed by atoms with Crippen molar-refractivity contribution in [3.05, 3.63) is 0 Å². The minimum atomic E-state index is 0.854. The lowest BCUT2D eigenvalue weighted by molar-refractivity contribution is 3.64. The molecule has 0 aromatic carbocycles. The molecule has 0 atom stereocenters. The Morgan fingerprint density at radius 1 is 0.889 bits per heavy atom. The van der Waals surface area contributed by atoms with Crippen LogP contribution in [0.3, 0.4) is 0 Å². The van der Waals surface area contributed by atoms with E-state index in [9.17, 15) is 0 Å². The first-order valence-corrected chi connectivity index (χ1v) is 4.04. The van der Waals surface area contributed by atoms with Crippen LogP contribution in [0.2, 0.25) is 0 Å². The number of hydrogen-bond acceptors (Lipinski definition) is 0. The Kier molecular flexibility index (Phi) is 4.69. The number of rotatable bonds is 3. The summed E-state index contributed by atoms with van der Waals surface area (Å²) < 4.78 is 0. The molecular weight excluding hydrogens is 97.3 g/mol. The van der Waals surface area contributed by atoms with Gasteiger partial charge in [0.05, 0.1) is 38.7 Å². The zero-order chi connectivity index (χ0) is 7.44. The van der Waals surface area contributed by atoms with Gasteiger partial charge < -0.3 is 0 Å². The molecule has 0 N–H and O–H groups in total. The van der Waals surface area contributed by atoms with E-state index in [1.54, 1.807) is 0 Å².